The Labute approximate surface area is 209 Å². The molecule has 2 aromatic heterocycles. The van der Waals surface area contributed by atoms with E-state index in [4.69, 9.17) is 27.9 Å². The number of fused-ring (bicyclic) bond motifs is 1. The number of likely N-dealkylation sites (tertiary alicyclic amines) is 1. The lowest BCUT2D eigenvalue weighted by molar-refractivity contribution is -0.145. The zero-order valence-corrected chi connectivity index (χ0v) is 20.3. The summed E-state index contributed by atoms with van der Waals surface area (Å²) in [6.45, 7) is 4.33. The van der Waals surface area contributed by atoms with Crippen LogP contribution in [0.4, 0.5) is 24.8 Å². The first kappa shape index (κ1) is 23.3. The minimum Gasteiger partial charge on any atom is -0.377 e. The van der Waals surface area contributed by atoms with E-state index < -0.39 is 24.1 Å². The summed E-state index contributed by atoms with van der Waals surface area (Å²) in [6.07, 6.45) is 2.28. The van der Waals surface area contributed by atoms with Crippen molar-refractivity contribution < 1.29 is 17.9 Å². The second kappa shape index (κ2) is 8.19. The lowest BCUT2D eigenvalue weighted by Crippen LogP contribution is -2.63. The minimum absolute atomic E-state index is 0.108. The van der Waals surface area contributed by atoms with E-state index in [0.717, 1.165) is 6.54 Å². The highest BCUT2D eigenvalue weighted by Gasteiger charge is 2.58. The van der Waals surface area contributed by atoms with Crippen LogP contribution in [0.15, 0.2) is 24.5 Å². The molecule has 3 aromatic rings. The fourth-order valence-corrected chi connectivity index (χ4v) is 5.54. The number of rotatable bonds is 5. The van der Waals surface area contributed by atoms with Crippen molar-refractivity contribution in [2.24, 2.45) is 0 Å². The second-order valence-corrected chi connectivity index (χ2v) is 10.6. The molecule has 3 fully saturated rings. The average molecular weight is 527 g/mol. The Morgan fingerprint density at radius 2 is 1.97 bits per heavy atom. The Kier molecular flexibility index (Phi) is 5.45. The highest BCUT2D eigenvalue weighted by atomic mass is 35.5. The molecule has 0 amide bonds. The van der Waals surface area contributed by atoms with Crippen LogP contribution in [0.5, 0.6) is 0 Å². The van der Waals surface area contributed by atoms with Gasteiger partial charge >= 0.3 is 0 Å². The summed E-state index contributed by atoms with van der Waals surface area (Å²) in [5.74, 6) is -3.40. The number of anilines is 2. The fourth-order valence-electron chi connectivity index (χ4n) is 4.97. The van der Waals surface area contributed by atoms with Crippen LogP contribution in [-0.4, -0.2) is 68.6 Å². The van der Waals surface area contributed by atoms with Gasteiger partial charge in [0, 0.05) is 36.1 Å². The monoisotopic (exact) mass is 526 g/mol. The highest BCUT2D eigenvalue weighted by Crippen LogP contribution is 2.57. The average Bonchev–Trinajstić information content (AvgIpc) is 3.29. The Bertz CT molecular complexity index is 1300. The number of nitrogens with one attached hydrogen (secondary N) is 1. The molecular weight excluding hydrogens is 504 g/mol. The van der Waals surface area contributed by atoms with Crippen molar-refractivity contribution in [2.45, 2.75) is 49.4 Å². The Morgan fingerprint density at radius 3 is 2.63 bits per heavy atom. The number of ether oxygens (including phenoxy) is 1. The Morgan fingerprint density at radius 1 is 1.20 bits per heavy atom. The molecule has 3 atom stereocenters. The standard InChI is InChI=1S/C23H23Cl2F3N6O/c1-22(10-35-11-22)33-3-2-19(16(26)9-33)34-20(25)18(8-30-34)32-21-29-7-12-4-15(24)13(5-17(12)31-21)14-6-23(14,27)28/h4-5,7-8,14,16,19H,2-3,6,9-11H2,1H3,(H,29,31,32)/t14?,16-,19-/m0/s1. The molecule has 6 rings (SSSR count). The topological polar surface area (TPSA) is 68.1 Å². The zero-order chi connectivity index (χ0) is 24.5. The van der Waals surface area contributed by atoms with E-state index in [0.29, 0.717) is 48.3 Å². The molecule has 186 valence electrons. The summed E-state index contributed by atoms with van der Waals surface area (Å²) in [6, 6.07) is 2.69. The van der Waals surface area contributed by atoms with Gasteiger partial charge in [0.1, 0.15) is 6.17 Å². The third-order valence-corrected chi connectivity index (χ3v) is 8.00. The summed E-state index contributed by atoms with van der Waals surface area (Å²) in [4.78, 5) is 10.9. The smallest absolute Gasteiger partial charge is 0.255 e. The van der Waals surface area contributed by atoms with Crippen molar-refractivity contribution in [1.82, 2.24) is 24.6 Å². The third-order valence-electron chi connectivity index (χ3n) is 7.29. The van der Waals surface area contributed by atoms with E-state index in [1.165, 1.54) is 10.9 Å². The molecule has 1 saturated carbocycles. The summed E-state index contributed by atoms with van der Waals surface area (Å²) >= 11 is 12.8. The van der Waals surface area contributed by atoms with Gasteiger partial charge in [-0.2, -0.15) is 5.10 Å². The van der Waals surface area contributed by atoms with E-state index >= 15 is 4.39 Å². The molecule has 1 aromatic carbocycles. The number of aromatic nitrogens is 4. The molecule has 4 heterocycles. The largest absolute Gasteiger partial charge is 0.377 e. The molecule has 35 heavy (non-hydrogen) atoms. The first-order valence-corrected chi connectivity index (χ1v) is 12.2. The number of piperidine rings is 1. The summed E-state index contributed by atoms with van der Waals surface area (Å²) < 4.78 is 49.2. The number of halogens is 5. The van der Waals surface area contributed by atoms with Gasteiger partial charge in [-0.3, -0.25) is 4.90 Å². The maximum absolute atomic E-state index is 15.1. The van der Waals surface area contributed by atoms with Crippen LogP contribution in [0.3, 0.4) is 0 Å². The molecular formula is C23H23Cl2F3N6O. The van der Waals surface area contributed by atoms with Crippen LogP contribution in [0.1, 0.15) is 37.3 Å². The Balaban J connectivity index is 1.20. The number of nitrogens with zero attached hydrogens (tertiary/aromatic N) is 5. The SMILES string of the molecule is CC1(N2CC[C@H](n3ncc(Nc4ncc5cc(Cl)c(C6CC6(F)F)cc5n4)c3Cl)[C@@H](F)C2)COC1. The van der Waals surface area contributed by atoms with E-state index in [-0.39, 0.29) is 28.1 Å². The van der Waals surface area contributed by atoms with Gasteiger partial charge < -0.3 is 10.1 Å². The van der Waals surface area contributed by atoms with Gasteiger partial charge in [0.15, 0.2) is 5.15 Å². The Hall–Kier alpha value is -2.14. The first-order valence-electron chi connectivity index (χ1n) is 11.5. The predicted molar refractivity (Wildman–Crippen MR) is 127 cm³/mol. The van der Waals surface area contributed by atoms with Crippen molar-refractivity contribution in [3.63, 3.8) is 0 Å². The molecule has 2 aliphatic heterocycles. The van der Waals surface area contributed by atoms with E-state index in [9.17, 15) is 8.78 Å². The molecule has 2 saturated heterocycles. The van der Waals surface area contributed by atoms with Gasteiger partial charge in [-0.1, -0.05) is 23.2 Å². The minimum atomic E-state index is -2.73. The number of hydrogen-bond donors (Lipinski definition) is 1. The summed E-state index contributed by atoms with van der Waals surface area (Å²) in [5, 5.41) is 8.50. The van der Waals surface area contributed by atoms with Crippen molar-refractivity contribution in [3.8, 4) is 0 Å². The van der Waals surface area contributed by atoms with Crippen molar-refractivity contribution in [3.05, 3.63) is 40.3 Å². The number of alkyl halides is 3. The number of hydrogen-bond acceptors (Lipinski definition) is 6. The summed E-state index contributed by atoms with van der Waals surface area (Å²) in [7, 11) is 0. The molecule has 0 bridgehead atoms. The molecule has 0 radical (unpaired) electrons. The predicted octanol–water partition coefficient (Wildman–Crippen LogP) is 5.37. The maximum Gasteiger partial charge on any atom is 0.255 e. The second-order valence-electron chi connectivity index (χ2n) is 9.87. The van der Waals surface area contributed by atoms with Gasteiger partial charge in [0.2, 0.25) is 5.95 Å². The van der Waals surface area contributed by atoms with Crippen LogP contribution in [0.2, 0.25) is 10.2 Å². The van der Waals surface area contributed by atoms with Crippen LogP contribution in [-0.2, 0) is 4.74 Å². The normalized spacial score (nSPS) is 27.5. The van der Waals surface area contributed by atoms with Gasteiger partial charge in [0.25, 0.3) is 5.92 Å². The first-order chi connectivity index (χ1) is 16.6. The molecule has 0 spiro atoms. The lowest BCUT2D eigenvalue weighted by atomic mass is 9.92. The van der Waals surface area contributed by atoms with Gasteiger partial charge in [-0.15, -0.1) is 0 Å². The van der Waals surface area contributed by atoms with Crippen LogP contribution >= 0.6 is 23.2 Å². The van der Waals surface area contributed by atoms with E-state index in [1.54, 1.807) is 18.3 Å². The van der Waals surface area contributed by atoms with Crippen LogP contribution in [0.25, 0.3) is 10.9 Å². The molecule has 1 N–H and O–H groups in total. The maximum atomic E-state index is 15.1. The molecule has 1 unspecified atom stereocenters. The van der Waals surface area contributed by atoms with Crippen molar-refractivity contribution >= 4 is 45.7 Å². The molecule has 7 nitrogen and oxygen atoms in total. The molecule has 3 aliphatic rings. The van der Waals surface area contributed by atoms with E-state index in [1.807, 2.05) is 0 Å². The quantitative estimate of drug-likeness (QED) is 0.481. The number of benzene rings is 1. The van der Waals surface area contributed by atoms with Crippen LogP contribution < -0.4 is 5.32 Å². The molecule has 12 heteroatoms. The van der Waals surface area contributed by atoms with Gasteiger partial charge in [-0.05, 0) is 31.0 Å². The molecule has 1 aliphatic carbocycles. The highest BCUT2D eigenvalue weighted by molar-refractivity contribution is 6.32. The fraction of sp³-hybridized carbons (Fsp3) is 0.522. The van der Waals surface area contributed by atoms with Crippen molar-refractivity contribution in [1.29, 1.82) is 0 Å². The lowest BCUT2D eigenvalue weighted by Gasteiger charge is -2.50. The van der Waals surface area contributed by atoms with Gasteiger partial charge in [0.05, 0.1) is 48.1 Å². The van der Waals surface area contributed by atoms with Gasteiger partial charge in [-0.25, -0.2) is 27.8 Å². The van der Waals surface area contributed by atoms with Crippen molar-refractivity contribution in [2.75, 3.05) is 31.6 Å². The van der Waals surface area contributed by atoms with E-state index in [2.05, 4.69) is 32.2 Å². The van der Waals surface area contributed by atoms with Crippen LogP contribution in [0, 0.1) is 0 Å². The summed E-state index contributed by atoms with van der Waals surface area (Å²) in [5.41, 5.74) is 1.19. The zero-order valence-electron chi connectivity index (χ0n) is 18.8. The third kappa shape index (κ3) is 4.04.